The van der Waals surface area contributed by atoms with E-state index in [4.69, 9.17) is 14.6 Å². The quantitative estimate of drug-likeness (QED) is 0.297. The van der Waals surface area contributed by atoms with Crippen LogP contribution in [0.25, 0.3) is 0 Å². The van der Waals surface area contributed by atoms with Crippen molar-refractivity contribution in [3.05, 3.63) is 70.5 Å². The summed E-state index contributed by atoms with van der Waals surface area (Å²) in [6.07, 6.45) is 10.2. The van der Waals surface area contributed by atoms with Gasteiger partial charge in [0.15, 0.2) is 0 Å². The number of rotatable bonds is 11. The Balaban J connectivity index is 2.15. The van der Waals surface area contributed by atoms with Gasteiger partial charge < -0.3 is 14.6 Å². The molecule has 1 aromatic rings. The van der Waals surface area contributed by atoms with Gasteiger partial charge in [0.05, 0.1) is 6.10 Å². The van der Waals surface area contributed by atoms with Crippen molar-refractivity contribution in [2.75, 3.05) is 6.61 Å². The summed E-state index contributed by atoms with van der Waals surface area (Å²) in [5.74, 6) is 0.923. The summed E-state index contributed by atoms with van der Waals surface area (Å²) in [7, 11) is 0. The maximum absolute atomic E-state index is 11.0. The van der Waals surface area contributed by atoms with Gasteiger partial charge in [0.25, 0.3) is 0 Å². The Kier molecular flexibility index (Phi) is 10.8. The Hall–Kier alpha value is -2.33. The molecule has 1 fully saturated rings. The average molecular weight is 441 g/mol. The number of hydrogen-bond donors (Lipinski definition) is 1. The number of carboxylic acids is 1. The topological polar surface area (TPSA) is 55.8 Å². The zero-order valence-electron chi connectivity index (χ0n) is 20.4. The van der Waals surface area contributed by atoms with Crippen molar-refractivity contribution in [3.8, 4) is 0 Å². The third kappa shape index (κ3) is 8.66. The molecule has 1 aliphatic rings. The number of benzene rings is 1. The van der Waals surface area contributed by atoms with Crippen LogP contribution in [-0.4, -0.2) is 23.8 Å². The Morgan fingerprint density at radius 2 is 2.12 bits per heavy atom. The lowest BCUT2D eigenvalue weighted by atomic mass is 9.79. The predicted octanol–water partition coefficient (Wildman–Crippen LogP) is 6.99. The van der Waals surface area contributed by atoms with Crippen LogP contribution in [0.4, 0.5) is 0 Å². The van der Waals surface area contributed by atoms with Crippen molar-refractivity contribution < 1.29 is 19.4 Å². The van der Waals surface area contributed by atoms with E-state index in [0.717, 1.165) is 25.0 Å². The van der Waals surface area contributed by atoms with Crippen molar-refractivity contribution in [1.29, 1.82) is 0 Å². The number of aliphatic carboxylic acids is 1. The van der Waals surface area contributed by atoms with E-state index in [1.165, 1.54) is 22.3 Å². The molecule has 0 radical (unpaired) electrons. The smallest absolute Gasteiger partial charge is 0.303 e. The summed E-state index contributed by atoms with van der Waals surface area (Å²) in [6.45, 7) is 12.0. The van der Waals surface area contributed by atoms with Crippen LogP contribution < -0.4 is 0 Å². The fourth-order valence-corrected chi connectivity index (χ4v) is 4.15. The van der Waals surface area contributed by atoms with E-state index >= 15 is 0 Å². The zero-order chi connectivity index (χ0) is 23.5. The molecule has 0 bridgehead atoms. The monoisotopic (exact) mass is 440 g/mol. The molecule has 2 rings (SSSR count). The van der Waals surface area contributed by atoms with E-state index < -0.39 is 5.97 Å². The molecular weight excluding hydrogens is 400 g/mol. The van der Waals surface area contributed by atoms with Crippen molar-refractivity contribution in [1.82, 2.24) is 0 Å². The Morgan fingerprint density at radius 1 is 1.34 bits per heavy atom. The maximum Gasteiger partial charge on any atom is 0.303 e. The second kappa shape index (κ2) is 13.3. The Labute approximate surface area is 194 Å². The minimum Gasteiger partial charge on any atom is -0.489 e. The lowest BCUT2D eigenvalue weighted by Gasteiger charge is -2.34. The molecule has 2 unspecified atom stereocenters. The second-order valence-corrected chi connectivity index (χ2v) is 8.96. The molecule has 1 saturated heterocycles. The first-order chi connectivity index (χ1) is 15.3. The molecule has 4 heteroatoms. The standard InChI is InChI=1S/C28H40O4/c1-6-20(3)16-25(18-26(7-2)32-19-23-10-8-9-21(4)15-23)22(5)24-13-14-31-27(17-24)11-12-28(29)30/h7-10,15-16,18,22,24,27H,6,11-14,17,19H2,1-5H3,(H,29,30)/b20-16-,25-18+,26-7+/t22?,24?,27-/m0/s1. The maximum atomic E-state index is 11.0. The molecule has 0 saturated carbocycles. The van der Waals surface area contributed by atoms with Gasteiger partial charge in [-0.3, -0.25) is 4.79 Å². The van der Waals surface area contributed by atoms with Gasteiger partial charge in [0.2, 0.25) is 0 Å². The summed E-state index contributed by atoms with van der Waals surface area (Å²) >= 11 is 0. The highest BCUT2D eigenvalue weighted by Crippen LogP contribution is 2.34. The number of hydrogen-bond acceptors (Lipinski definition) is 3. The van der Waals surface area contributed by atoms with Gasteiger partial charge in [-0.15, -0.1) is 0 Å². The third-order valence-electron chi connectivity index (χ3n) is 6.37. The number of carbonyl (C=O) groups is 1. The summed E-state index contributed by atoms with van der Waals surface area (Å²) in [6, 6.07) is 8.40. The number of aryl methyl sites for hydroxylation is 1. The summed E-state index contributed by atoms with van der Waals surface area (Å²) in [5, 5.41) is 9.02. The zero-order valence-corrected chi connectivity index (χ0v) is 20.4. The molecule has 32 heavy (non-hydrogen) atoms. The van der Waals surface area contributed by atoms with Crippen molar-refractivity contribution in [3.63, 3.8) is 0 Å². The van der Waals surface area contributed by atoms with Gasteiger partial charge in [0, 0.05) is 13.0 Å². The fraction of sp³-hybridized carbons (Fsp3) is 0.536. The van der Waals surface area contributed by atoms with Crippen LogP contribution in [0, 0.1) is 18.8 Å². The SMILES string of the molecule is C\C=C(/C=C(\C=C(\C)CC)C(C)C1CCO[C@@H](CCC(=O)O)C1)OCc1cccc(C)c1. The van der Waals surface area contributed by atoms with Crippen LogP contribution in [0.15, 0.2) is 59.4 Å². The summed E-state index contributed by atoms with van der Waals surface area (Å²) < 4.78 is 12.0. The van der Waals surface area contributed by atoms with Crippen LogP contribution in [0.1, 0.15) is 70.9 Å². The minimum absolute atomic E-state index is 0.0311. The van der Waals surface area contributed by atoms with Gasteiger partial charge >= 0.3 is 5.97 Å². The molecule has 0 aromatic heterocycles. The van der Waals surface area contributed by atoms with Gasteiger partial charge in [0.1, 0.15) is 12.4 Å². The Morgan fingerprint density at radius 3 is 2.78 bits per heavy atom. The predicted molar refractivity (Wildman–Crippen MR) is 130 cm³/mol. The molecule has 0 spiro atoms. The van der Waals surface area contributed by atoms with Crippen molar-refractivity contribution in [2.45, 2.75) is 79.4 Å². The van der Waals surface area contributed by atoms with Gasteiger partial charge in [-0.25, -0.2) is 0 Å². The lowest BCUT2D eigenvalue weighted by Crippen LogP contribution is -2.30. The van der Waals surface area contributed by atoms with E-state index in [-0.39, 0.29) is 12.5 Å². The lowest BCUT2D eigenvalue weighted by molar-refractivity contribution is -0.138. The van der Waals surface area contributed by atoms with E-state index in [2.05, 4.69) is 64.1 Å². The van der Waals surface area contributed by atoms with Gasteiger partial charge in [-0.05, 0) is 81.6 Å². The minimum atomic E-state index is -0.755. The van der Waals surface area contributed by atoms with Gasteiger partial charge in [-0.2, -0.15) is 0 Å². The normalized spacial score (nSPS) is 21.3. The molecule has 0 aliphatic carbocycles. The van der Waals surface area contributed by atoms with Crippen LogP contribution in [0.2, 0.25) is 0 Å². The molecule has 3 atom stereocenters. The van der Waals surface area contributed by atoms with Crippen molar-refractivity contribution >= 4 is 5.97 Å². The van der Waals surface area contributed by atoms with Crippen LogP contribution in [0.3, 0.4) is 0 Å². The first-order valence-electron chi connectivity index (χ1n) is 11.9. The van der Waals surface area contributed by atoms with E-state index in [9.17, 15) is 4.79 Å². The fourth-order valence-electron chi connectivity index (χ4n) is 4.15. The highest BCUT2D eigenvalue weighted by molar-refractivity contribution is 5.66. The molecule has 1 N–H and O–H groups in total. The molecule has 0 amide bonds. The van der Waals surface area contributed by atoms with Crippen LogP contribution in [0.5, 0.6) is 0 Å². The van der Waals surface area contributed by atoms with Crippen LogP contribution in [-0.2, 0) is 20.9 Å². The molecule has 176 valence electrons. The molecule has 1 aliphatic heterocycles. The number of allylic oxidation sites excluding steroid dienone is 5. The van der Waals surface area contributed by atoms with Crippen molar-refractivity contribution in [2.24, 2.45) is 11.8 Å². The average Bonchev–Trinajstić information content (AvgIpc) is 2.79. The van der Waals surface area contributed by atoms with E-state index in [1.807, 2.05) is 13.0 Å². The molecule has 1 aromatic carbocycles. The third-order valence-corrected chi connectivity index (χ3v) is 6.37. The summed E-state index contributed by atoms with van der Waals surface area (Å²) in [5.41, 5.74) is 5.01. The number of carboxylic acid groups (broad SMARTS) is 1. The first kappa shape index (κ1) is 25.9. The largest absolute Gasteiger partial charge is 0.489 e. The molecule has 4 nitrogen and oxygen atoms in total. The van der Waals surface area contributed by atoms with Crippen LogP contribution >= 0.6 is 0 Å². The summed E-state index contributed by atoms with van der Waals surface area (Å²) in [4.78, 5) is 11.0. The molecular formula is C28H40O4. The van der Waals surface area contributed by atoms with E-state index in [0.29, 0.717) is 31.5 Å². The van der Waals surface area contributed by atoms with E-state index in [1.54, 1.807) is 0 Å². The Bertz CT molecular complexity index is 834. The molecule has 1 heterocycles. The highest BCUT2D eigenvalue weighted by Gasteiger charge is 2.28. The first-order valence-corrected chi connectivity index (χ1v) is 11.9. The highest BCUT2D eigenvalue weighted by atomic mass is 16.5. The number of ether oxygens (including phenoxy) is 2. The van der Waals surface area contributed by atoms with Gasteiger partial charge in [-0.1, -0.05) is 55.3 Å². The second-order valence-electron chi connectivity index (χ2n) is 8.96.